The van der Waals surface area contributed by atoms with E-state index in [1.165, 1.54) is 16.4 Å². The average molecular weight is 377 g/mol. The van der Waals surface area contributed by atoms with Gasteiger partial charge in [-0.3, -0.25) is 4.98 Å². The number of aromatic nitrogens is 1. The topological polar surface area (TPSA) is 86.6 Å². The molecule has 9 heteroatoms. The fourth-order valence-corrected chi connectivity index (χ4v) is 4.50. The SMILES string of the molecule is O=c1[nH]c2ccc(N3CCN(S(=O)(=O)c4ccc(F)cc4)CC3)cc2o1. The zero-order valence-electron chi connectivity index (χ0n) is 13.7. The molecule has 4 rings (SSSR count). The quantitative estimate of drug-likeness (QED) is 0.752. The van der Waals surface area contributed by atoms with Crippen molar-refractivity contribution < 1.29 is 17.2 Å². The average Bonchev–Trinajstić information content (AvgIpc) is 3.01. The van der Waals surface area contributed by atoms with Crippen molar-refractivity contribution in [2.24, 2.45) is 0 Å². The van der Waals surface area contributed by atoms with Crippen LogP contribution in [-0.2, 0) is 10.0 Å². The summed E-state index contributed by atoms with van der Waals surface area (Å²) in [6.07, 6.45) is 0. The first-order valence-electron chi connectivity index (χ1n) is 8.07. The number of hydrogen-bond acceptors (Lipinski definition) is 5. The molecule has 7 nitrogen and oxygen atoms in total. The molecule has 0 unspecified atom stereocenters. The highest BCUT2D eigenvalue weighted by molar-refractivity contribution is 7.89. The van der Waals surface area contributed by atoms with Gasteiger partial charge in [0.1, 0.15) is 5.82 Å². The number of aromatic amines is 1. The van der Waals surface area contributed by atoms with Crippen LogP contribution in [0.15, 0.2) is 56.6 Å². The van der Waals surface area contributed by atoms with Gasteiger partial charge in [0, 0.05) is 37.9 Å². The Bertz CT molecular complexity index is 1100. The van der Waals surface area contributed by atoms with Gasteiger partial charge in [-0.05, 0) is 36.4 Å². The lowest BCUT2D eigenvalue weighted by molar-refractivity contribution is 0.385. The van der Waals surface area contributed by atoms with Crippen LogP contribution in [0.1, 0.15) is 0 Å². The standard InChI is InChI=1S/C17H16FN3O4S/c18-12-1-4-14(5-2-12)26(23,24)21-9-7-20(8-10-21)13-3-6-15-16(11-13)25-17(22)19-15/h1-6,11H,7-10H2,(H,19,22). The third kappa shape index (κ3) is 2.99. The van der Waals surface area contributed by atoms with Crippen molar-refractivity contribution in [3.8, 4) is 0 Å². The van der Waals surface area contributed by atoms with E-state index in [0.29, 0.717) is 37.3 Å². The minimum Gasteiger partial charge on any atom is -0.408 e. The molecule has 0 saturated carbocycles. The Labute approximate surface area is 148 Å². The van der Waals surface area contributed by atoms with Crippen LogP contribution >= 0.6 is 0 Å². The van der Waals surface area contributed by atoms with E-state index in [9.17, 15) is 17.6 Å². The number of fused-ring (bicyclic) bond motifs is 1. The summed E-state index contributed by atoms with van der Waals surface area (Å²) in [5.41, 5.74) is 1.95. The molecule has 0 radical (unpaired) electrons. The summed E-state index contributed by atoms with van der Waals surface area (Å²) < 4.78 is 44.8. The number of anilines is 1. The van der Waals surface area contributed by atoms with Gasteiger partial charge in [0.15, 0.2) is 5.58 Å². The number of H-pyrrole nitrogens is 1. The Hall–Kier alpha value is -2.65. The number of nitrogens with one attached hydrogen (secondary N) is 1. The fourth-order valence-electron chi connectivity index (χ4n) is 3.07. The molecule has 1 aliphatic heterocycles. The Morgan fingerprint density at radius 2 is 1.69 bits per heavy atom. The van der Waals surface area contributed by atoms with Crippen molar-refractivity contribution in [1.82, 2.24) is 9.29 Å². The predicted molar refractivity (Wildman–Crippen MR) is 94.2 cm³/mol. The van der Waals surface area contributed by atoms with E-state index < -0.39 is 21.6 Å². The van der Waals surface area contributed by atoms with E-state index in [-0.39, 0.29) is 4.90 Å². The van der Waals surface area contributed by atoms with Crippen LogP contribution in [0, 0.1) is 5.82 Å². The van der Waals surface area contributed by atoms with Crippen LogP contribution in [0.25, 0.3) is 11.1 Å². The van der Waals surface area contributed by atoms with E-state index in [1.807, 2.05) is 11.0 Å². The van der Waals surface area contributed by atoms with Crippen LogP contribution in [-0.4, -0.2) is 43.9 Å². The Morgan fingerprint density at radius 1 is 1.00 bits per heavy atom. The van der Waals surface area contributed by atoms with Crippen molar-refractivity contribution in [2.45, 2.75) is 4.90 Å². The Balaban J connectivity index is 1.50. The molecule has 136 valence electrons. The zero-order valence-corrected chi connectivity index (χ0v) is 14.5. The lowest BCUT2D eigenvalue weighted by atomic mass is 10.2. The Morgan fingerprint density at radius 3 is 2.38 bits per heavy atom. The highest BCUT2D eigenvalue weighted by Crippen LogP contribution is 2.24. The lowest BCUT2D eigenvalue weighted by Crippen LogP contribution is -2.48. The van der Waals surface area contributed by atoms with Crippen molar-refractivity contribution in [1.29, 1.82) is 0 Å². The molecule has 2 aromatic carbocycles. The van der Waals surface area contributed by atoms with Crippen LogP contribution in [0.3, 0.4) is 0 Å². The number of oxazole rings is 1. The van der Waals surface area contributed by atoms with Crippen molar-refractivity contribution >= 4 is 26.8 Å². The molecule has 2 heterocycles. The predicted octanol–water partition coefficient (Wildman–Crippen LogP) is 1.77. The van der Waals surface area contributed by atoms with Gasteiger partial charge in [0.05, 0.1) is 10.4 Å². The molecule has 1 fully saturated rings. The van der Waals surface area contributed by atoms with E-state index in [4.69, 9.17) is 4.42 Å². The number of halogens is 1. The second-order valence-corrected chi connectivity index (χ2v) is 7.98. The first-order chi connectivity index (χ1) is 12.4. The molecule has 26 heavy (non-hydrogen) atoms. The van der Waals surface area contributed by atoms with Gasteiger partial charge in [-0.2, -0.15) is 4.31 Å². The third-order valence-corrected chi connectivity index (χ3v) is 6.37. The summed E-state index contributed by atoms with van der Waals surface area (Å²) in [6, 6.07) is 10.2. The molecule has 1 saturated heterocycles. The highest BCUT2D eigenvalue weighted by atomic mass is 32.2. The summed E-state index contributed by atoms with van der Waals surface area (Å²) in [4.78, 5) is 16.0. The number of hydrogen-bond donors (Lipinski definition) is 1. The first kappa shape index (κ1) is 16.8. The number of nitrogens with zero attached hydrogens (tertiary/aromatic N) is 2. The molecule has 0 aliphatic carbocycles. The maximum atomic E-state index is 13.0. The van der Waals surface area contributed by atoms with Gasteiger partial charge in [0.25, 0.3) is 0 Å². The Kier molecular flexibility index (Phi) is 4.04. The molecule has 1 N–H and O–H groups in total. The lowest BCUT2D eigenvalue weighted by Gasteiger charge is -2.35. The van der Waals surface area contributed by atoms with E-state index in [2.05, 4.69) is 4.98 Å². The highest BCUT2D eigenvalue weighted by Gasteiger charge is 2.28. The van der Waals surface area contributed by atoms with Gasteiger partial charge in [0.2, 0.25) is 10.0 Å². The van der Waals surface area contributed by atoms with Crippen molar-refractivity contribution in [3.05, 3.63) is 58.8 Å². The molecular formula is C17H16FN3O4S. The normalized spacial score (nSPS) is 16.3. The number of benzene rings is 2. The van der Waals surface area contributed by atoms with Gasteiger partial charge in [-0.25, -0.2) is 17.6 Å². The maximum Gasteiger partial charge on any atom is 0.417 e. The summed E-state index contributed by atoms with van der Waals surface area (Å²) >= 11 is 0. The second-order valence-electron chi connectivity index (χ2n) is 6.04. The number of sulfonamides is 1. The molecule has 0 atom stereocenters. The molecule has 1 aromatic heterocycles. The zero-order chi connectivity index (χ0) is 18.3. The summed E-state index contributed by atoms with van der Waals surface area (Å²) in [7, 11) is -3.64. The van der Waals surface area contributed by atoms with Gasteiger partial charge < -0.3 is 9.32 Å². The second kappa shape index (κ2) is 6.26. The fraction of sp³-hybridized carbons (Fsp3) is 0.235. The van der Waals surface area contributed by atoms with Gasteiger partial charge in [-0.15, -0.1) is 0 Å². The minimum atomic E-state index is -3.64. The third-order valence-electron chi connectivity index (χ3n) is 4.46. The largest absolute Gasteiger partial charge is 0.417 e. The van der Waals surface area contributed by atoms with E-state index in [1.54, 1.807) is 12.1 Å². The molecule has 0 spiro atoms. The smallest absolute Gasteiger partial charge is 0.408 e. The van der Waals surface area contributed by atoms with E-state index in [0.717, 1.165) is 17.8 Å². The van der Waals surface area contributed by atoms with Gasteiger partial charge in [-0.1, -0.05) is 0 Å². The summed E-state index contributed by atoms with van der Waals surface area (Å²) in [6.45, 7) is 1.63. The van der Waals surface area contributed by atoms with E-state index >= 15 is 0 Å². The van der Waals surface area contributed by atoms with Crippen molar-refractivity contribution in [3.63, 3.8) is 0 Å². The summed E-state index contributed by atoms with van der Waals surface area (Å²) in [5.74, 6) is -0.979. The first-order valence-corrected chi connectivity index (χ1v) is 9.51. The maximum absolute atomic E-state index is 13.0. The number of piperazine rings is 1. The molecule has 3 aromatic rings. The van der Waals surface area contributed by atoms with Crippen molar-refractivity contribution in [2.75, 3.05) is 31.1 Å². The van der Waals surface area contributed by atoms with Gasteiger partial charge >= 0.3 is 5.76 Å². The van der Waals surface area contributed by atoms with Crippen LogP contribution < -0.4 is 10.7 Å². The van der Waals surface area contributed by atoms with Crippen LogP contribution in [0.4, 0.5) is 10.1 Å². The monoisotopic (exact) mass is 377 g/mol. The minimum absolute atomic E-state index is 0.0860. The molecule has 0 bridgehead atoms. The molecule has 0 amide bonds. The van der Waals surface area contributed by atoms with Crippen LogP contribution in [0.2, 0.25) is 0 Å². The molecule has 1 aliphatic rings. The summed E-state index contributed by atoms with van der Waals surface area (Å²) in [5, 5.41) is 0. The number of rotatable bonds is 3. The van der Waals surface area contributed by atoms with Crippen LogP contribution in [0.5, 0.6) is 0 Å². The molecular weight excluding hydrogens is 361 g/mol.